The first-order chi connectivity index (χ1) is 8.24. The lowest BCUT2D eigenvalue weighted by atomic mass is 10.0. The summed E-state index contributed by atoms with van der Waals surface area (Å²) in [7, 11) is 0. The van der Waals surface area contributed by atoms with Crippen molar-refractivity contribution in [3.8, 4) is 0 Å². The van der Waals surface area contributed by atoms with Crippen molar-refractivity contribution in [1.29, 1.82) is 0 Å². The van der Waals surface area contributed by atoms with Crippen LogP contribution in [0.2, 0.25) is 0 Å². The van der Waals surface area contributed by atoms with Gasteiger partial charge in [-0.05, 0) is 31.0 Å². The van der Waals surface area contributed by atoms with Crippen molar-refractivity contribution in [2.75, 3.05) is 6.54 Å². The molecule has 0 spiro atoms. The molecule has 0 bridgehead atoms. The number of nitrogens with two attached hydrogens (primary N) is 1. The molecular formula is C15H18N2. The summed E-state index contributed by atoms with van der Waals surface area (Å²) < 4.78 is 0. The van der Waals surface area contributed by atoms with E-state index in [2.05, 4.69) is 30.1 Å². The van der Waals surface area contributed by atoms with Gasteiger partial charge in [0.25, 0.3) is 0 Å². The molecule has 1 heterocycles. The minimum absolute atomic E-state index is 0.617. The quantitative estimate of drug-likeness (QED) is 0.872. The molecule has 88 valence electrons. The smallest absolute Gasteiger partial charge is 0.0711 e. The molecule has 0 amide bonds. The summed E-state index contributed by atoms with van der Waals surface area (Å²) in [6.07, 6.45) is 3.18. The van der Waals surface area contributed by atoms with Crippen molar-refractivity contribution in [2.45, 2.75) is 20.3 Å². The van der Waals surface area contributed by atoms with E-state index in [9.17, 15) is 0 Å². The van der Waals surface area contributed by atoms with Crippen LogP contribution >= 0.6 is 0 Å². The van der Waals surface area contributed by atoms with Gasteiger partial charge >= 0.3 is 0 Å². The van der Waals surface area contributed by atoms with E-state index in [1.54, 1.807) is 0 Å². The van der Waals surface area contributed by atoms with E-state index in [0.717, 1.165) is 17.6 Å². The zero-order chi connectivity index (χ0) is 12.3. The first-order valence-corrected chi connectivity index (χ1v) is 6.00. The van der Waals surface area contributed by atoms with Crippen LogP contribution in [0.1, 0.15) is 24.6 Å². The number of benzene rings is 1. The van der Waals surface area contributed by atoms with Gasteiger partial charge in [0.05, 0.1) is 5.52 Å². The standard InChI is InChI=1S/C15H18N2/c1-3-12(10-16)9-13-8-11(2)17-15-7-5-4-6-14(13)15/h4-9H,3,10,16H2,1-2H3. The summed E-state index contributed by atoms with van der Waals surface area (Å²) in [5.41, 5.74) is 10.3. The number of aryl methyl sites for hydroxylation is 1. The lowest BCUT2D eigenvalue weighted by Gasteiger charge is -2.06. The van der Waals surface area contributed by atoms with Crippen LogP contribution in [-0.4, -0.2) is 11.5 Å². The van der Waals surface area contributed by atoms with E-state index < -0.39 is 0 Å². The average Bonchev–Trinajstić information content (AvgIpc) is 2.35. The monoisotopic (exact) mass is 226 g/mol. The number of nitrogens with zero attached hydrogens (tertiary/aromatic N) is 1. The highest BCUT2D eigenvalue weighted by Gasteiger charge is 2.02. The molecule has 0 atom stereocenters. The number of hydrogen-bond donors (Lipinski definition) is 1. The first kappa shape index (κ1) is 11.8. The van der Waals surface area contributed by atoms with Crippen LogP contribution in [0.15, 0.2) is 35.9 Å². The number of rotatable bonds is 3. The maximum absolute atomic E-state index is 5.73. The highest BCUT2D eigenvalue weighted by atomic mass is 14.7. The lowest BCUT2D eigenvalue weighted by molar-refractivity contribution is 1.02. The molecule has 2 rings (SSSR count). The summed E-state index contributed by atoms with van der Waals surface area (Å²) in [5, 5.41) is 1.19. The Hall–Kier alpha value is -1.67. The van der Waals surface area contributed by atoms with E-state index in [0.29, 0.717) is 6.54 Å². The molecule has 2 N–H and O–H groups in total. The minimum atomic E-state index is 0.617. The van der Waals surface area contributed by atoms with Gasteiger partial charge < -0.3 is 5.73 Å². The Morgan fingerprint density at radius 3 is 2.82 bits per heavy atom. The maximum atomic E-state index is 5.73. The number of pyridine rings is 1. The van der Waals surface area contributed by atoms with Gasteiger partial charge in [-0.15, -0.1) is 0 Å². The van der Waals surface area contributed by atoms with Crippen LogP contribution in [0.5, 0.6) is 0 Å². The second kappa shape index (κ2) is 5.11. The Labute approximate surface area is 102 Å². The third-order valence-corrected chi connectivity index (χ3v) is 2.95. The fourth-order valence-electron chi connectivity index (χ4n) is 1.98. The maximum Gasteiger partial charge on any atom is 0.0711 e. The van der Waals surface area contributed by atoms with Gasteiger partial charge in [0, 0.05) is 17.6 Å². The van der Waals surface area contributed by atoms with Crippen LogP contribution in [0.4, 0.5) is 0 Å². The molecule has 0 unspecified atom stereocenters. The molecule has 1 aromatic carbocycles. The minimum Gasteiger partial charge on any atom is -0.327 e. The number of para-hydroxylation sites is 1. The number of fused-ring (bicyclic) bond motifs is 1. The molecule has 0 saturated heterocycles. The molecule has 2 heteroatoms. The molecule has 2 nitrogen and oxygen atoms in total. The van der Waals surface area contributed by atoms with Gasteiger partial charge in [0.2, 0.25) is 0 Å². The van der Waals surface area contributed by atoms with Gasteiger partial charge in [-0.25, -0.2) is 0 Å². The van der Waals surface area contributed by atoms with E-state index in [4.69, 9.17) is 5.73 Å². The molecule has 17 heavy (non-hydrogen) atoms. The fraction of sp³-hybridized carbons (Fsp3) is 0.267. The van der Waals surface area contributed by atoms with Crippen molar-refractivity contribution in [1.82, 2.24) is 4.98 Å². The second-order valence-electron chi connectivity index (χ2n) is 4.23. The van der Waals surface area contributed by atoms with Crippen LogP contribution in [-0.2, 0) is 0 Å². The largest absolute Gasteiger partial charge is 0.327 e. The molecule has 1 aromatic heterocycles. The molecule has 0 aliphatic heterocycles. The van der Waals surface area contributed by atoms with Gasteiger partial charge in [-0.3, -0.25) is 4.98 Å². The Morgan fingerprint density at radius 2 is 2.12 bits per heavy atom. The van der Waals surface area contributed by atoms with Crippen molar-refractivity contribution < 1.29 is 0 Å². The highest BCUT2D eigenvalue weighted by molar-refractivity contribution is 5.88. The van der Waals surface area contributed by atoms with Crippen LogP contribution in [0.3, 0.4) is 0 Å². The summed E-state index contributed by atoms with van der Waals surface area (Å²) in [5.74, 6) is 0. The van der Waals surface area contributed by atoms with Crippen LogP contribution in [0, 0.1) is 6.92 Å². The number of aromatic nitrogens is 1. The predicted octanol–water partition coefficient (Wildman–Crippen LogP) is 3.30. The third-order valence-electron chi connectivity index (χ3n) is 2.95. The van der Waals surface area contributed by atoms with Crippen molar-refractivity contribution in [3.63, 3.8) is 0 Å². The Morgan fingerprint density at radius 1 is 1.35 bits per heavy atom. The van der Waals surface area contributed by atoms with Crippen LogP contribution in [0.25, 0.3) is 17.0 Å². The molecule has 0 fully saturated rings. The zero-order valence-electron chi connectivity index (χ0n) is 10.4. The first-order valence-electron chi connectivity index (χ1n) is 6.00. The van der Waals surface area contributed by atoms with Gasteiger partial charge in [0.15, 0.2) is 0 Å². The summed E-state index contributed by atoms with van der Waals surface area (Å²) in [4.78, 5) is 4.53. The SMILES string of the molecule is CCC(=Cc1cc(C)nc2ccccc12)CN. The third kappa shape index (κ3) is 2.53. The summed E-state index contributed by atoms with van der Waals surface area (Å²) >= 11 is 0. The Bertz CT molecular complexity index is 550. The molecule has 0 aliphatic rings. The number of hydrogen-bond acceptors (Lipinski definition) is 2. The molecule has 0 saturated carbocycles. The average molecular weight is 226 g/mol. The van der Waals surface area contributed by atoms with E-state index in [1.807, 2.05) is 25.1 Å². The van der Waals surface area contributed by atoms with Gasteiger partial charge in [-0.1, -0.05) is 36.8 Å². The van der Waals surface area contributed by atoms with Gasteiger partial charge in [0.1, 0.15) is 0 Å². The second-order valence-corrected chi connectivity index (χ2v) is 4.23. The summed E-state index contributed by atoms with van der Waals surface area (Å²) in [6.45, 7) is 4.78. The Kier molecular flexibility index (Phi) is 3.55. The molecule has 0 radical (unpaired) electrons. The van der Waals surface area contributed by atoms with Crippen molar-refractivity contribution in [3.05, 3.63) is 47.2 Å². The molecule has 2 aromatic rings. The van der Waals surface area contributed by atoms with Gasteiger partial charge in [-0.2, -0.15) is 0 Å². The van der Waals surface area contributed by atoms with E-state index in [1.165, 1.54) is 16.5 Å². The fourth-order valence-corrected chi connectivity index (χ4v) is 1.98. The van der Waals surface area contributed by atoms with E-state index >= 15 is 0 Å². The Balaban J connectivity index is 2.63. The lowest BCUT2D eigenvalue weighted by Crippen LogP contribution is -2.02. The van der Waals surface area contributed by atoms with Crippen molar-refractivity contribution >= 4 is 17.0 Å². The summed E-state index contributed by atoms with van der Waals surface area (Å²) in [6, 6.07) is 10.3. The molecular weight excluding hydrogens is 208 g/mol. The molecule has 0 aliphatic carbocycles. The topological polar surface area (TPSA) is 38.9 Å². The predicted molar refractivity (Wildman–Crippen MR) is 73.8 cm³/mol. The van der Waals surface area contributed by atoms with Crippen molar-refractivity contribution in [2.24, 2.45) is 5.73 Å². The highest BCUT2D eigenvalue weighted by Crippen LogP contribution is 2.21. The van der Waals surface area contributed by atoms with E-state index in [-0.39, 0.29) is 0 Å². The zero-order valence-corrected chi connectivity index (χ0v) is 10.4. The van der Waals surface area contributed by atoms with Crippen LogP contribution < -0.4 is 5.73 Å². The normalized spacial score (nSPS) is 12.1.